The Bertz CT molecular complexity index is 734. The maximum Gasteiger partial charge on any atom is 0.151 e. The van der Waals surface area contributed by atoms with Crippen LogP contribution in [-0.4, -0.2) is 16.5 Å². The molecule has 2 aromatic carbocycles. The molecule has 0 saturated carbocycles. The van der Waals surface area contributed by atoms with E-state index in [9.17, 15) is 9.18 Å². The largest absolute Gasteiger partial charge is 0.298 e. The van der Waals surface area contributed by atoms with E-state index in [4.69, 9.17) is 0 Å². The van der Waals surface area contributed by atoms with Crippen molar-refractivity contribution in [3.8, 4) is 0 Å². The van der Waals surface area contributed by atoms with Crippen LogP contribution >= 0.6 is 23.1 Å². The summed E-state index contributed by atoms with van der Waals surface area (Å²) in [4.78, 5) is 16.4. The summed E-state index contributed by atoms with van der Waals surface area (Å²) in [6.07, 6.45) is 0.332. The molecule has 0 atom stereocenters. The highest BCUT2D eigenvalue weighted by atomic mass is 32.2. The first-order valence-electron chi connectivity index (χ1n) is 6.45. The van der Waals surface area contributed by atoms with Gasteiger partial charge in [-0.2, -0.15) is 0 Å². The van der Waals surface area contributed by atoms with Crippen LogP contribution in [0, 0.1) is 5.82 Å². The molecule has 1 heterocycles. The number of thiazole rings is 1. The number of halogens is 1. The van der Waals surface area contributed by atoms with E-state index in [1.165, 1.54) is 23.9 Å². The number of rotatable bonds is 5. The van der Waals surface area contributed by atoms with Crippen LogP contribution in [0.15, 0.2) is 52.9 Å². The van der Waals surface area contributed by atoms with Gasteiger partial charge in [-0.3, -0.25) is 4.79 Å². The van der Waals surface area contributed by atoms with Gasteiger partial charge in [0.05, 0.1) is 16.0 Å². The maximum atomic E-state index is 12.8. The van der Waals surface area contributed by atoms with E-state index >= 15 is 0 Å². The van der Waals surface area contributed by atoms with Crippen molar-refractivity contribution in [2.75, 3.05) is 5.75 Å². The molecule has 0 bridgehead atoms. The normalized spacial score (nSPS) is 10.9. The number of Topliss-reactive ketones (excluding diaryl/α,β-unsaturated/α-hetero) is 1. The van der Waals surface area contributed by atoms with Gasteiger partial charge in [0.2, 0.25) is 0 Å². The van der Waals surface area contributed by atoms with E-state index in [-0.39, 0.29) is 11.6 Å². The topological polar surface area (TPSA) is 30.0 Å². The lowest BCUT2D eigenvalue weighted by molar-refractivity contribution is -0.116. The monoisotopic (exact) mass is 317 g/mol. The molecular weight excluding hydrogens is 305 g/mol. The SMILES string of the molecule is O=C(CSc1nc2ccccc2s1)Cc1ccc(F)cc1. The van der Waals surface area contributed by atoms with Gasteiger partial charge >= 0.3 is 0 Å². The van der Waals surface area contributed by atoms with E-state index in [0.29, 0.717) is 12.2 Å². The van der Waals surface area contributed by atoms with Crippen molar-refractivity contribution in [2.24, 2.45) is 0 Å². The summed E-state index contributed by atoms with van der Waals surface area (Å²) < 4.78 is 14.8. The van der Waals surface area contributed by atoms with Gasteiger partial charge in [-0.25, -0.2) is 9.37 Å². The Morgan fingerprint density at radius 1 is 1.14 bits per heavy atom. The number of thioether (sulfide) groups is 1. The molecule has 0 radical (unpaired) electrons. The minimum absolute atomic E-state index is 0.117. The fraction of sp³-hybridized carbons (Fsp3) is 0.125. The third-order valence-corrected chi connectivity index (χ3v) is 5.18. The Kier molecular flexibility index (Phi) is 4.31. The van der Waals surface area contributed by atoms with Crippen molar-refractivity contribution in [3.05, 3.63) is 59.9 Å². The molecule has 0 spiro atoms. The Balaban J connectivity index is 1.59. The zero-order chi connectivity index (χ0) is 14.7. The standard InChI is InChI=1S/C16H12FNOS2/c17-12-7-5-11(6-8-12)9-13(19)10-20-16-18-14-3-1-2-4-15(14)21-16/h1-8H,9-10H2. The molecule has 106 valence electrons. The van der Waals surface area contributed by atoms with Gasteiger partial charge < -0.3 is 0 Å². The number of benzene rings is 2. The van der Waals surface area contributed by atoms with Crippen LogP contribution in [0.5, 0.6) is 0 Å². The van der Waals surface area contributed by atoms with Gasteiger partial charge in [-0.1, -0.05) is 36.0 Å². The first-order valence-corrected chi connectivity index (χ1v) is 8.25. The molecule has 3 aromatic rings. The number of carbonyl (C=O) groups is 1. The van der Waals surface area contributed by atoms with Crippen molar-refractivity contribution in [3.63, 3.8) is 0 Å². The average Bonchev–Trinajstić information content (AvgIpc) is 2.90. The average molecular weight is 317 g/mol. The van der Waals surface area contributed by atoms with Crippen LogP contribution in [0.25, 0.3) is 10.2 Å². The number of ketones is 1. The Hall–Kier alpha value is -1.72. The molecule has 0 fully saturated rings. The van der Waals surface area contributed by atoms with Crippen molar-refractivity contribution in [1.29, 1.82) is 0 Å². The van der Waals surface area contributed by atoms with Crippen LogP contribution in [-0.2, 0) is 11.2 Å². The molecule has 2 nitrogen and oxygen atoms in total. The van der Waals surface area contributed by atoms with Gasteiger partial charge in [0.15, 0.2) is 4.34 Å². The van der Waals surface area contributed by atoms with Crippen molar-refractivity contribution < 1.29 is 9.18 Å². The lowest BCUT2D eigenvalue weighted by Crippen LogP contribution is -2.05. The third-order valence-electron chi connectivity index (χ3n) is 2.95. The molecule has 0 aliphatic heterocycles. The summed E-state index contributed by atoms with van der Waals surface area (Å²) in [5.74, 6) is 0.220. The number of aromatic nitrogens is 1. The van der Waals surface area contributed by atoms with E-state index < -0.39 is 0 Å². The number of nitrogens with zero attached hydrogens (tertiary/aromatic N) is 1. The Labute approximate surface area is 130 Å². The van der Waals surface area contributed by atoms with Crippen molar-refractivity contribution in [1.82, 2.24) is 4.98 Å². The summed E-state index contributed by atoms with van der Waals surface area (Å²) in [7, 11) is 0. The van der Waals surface area contributed by atoms with E-state index in [1.807, 2.05) is 24.3 Å². The first kappa shape index (κ1) is 14.2. The van der Waals surface area contributed by atoms with Crippen LogP contribution in [0.4, 0.5) is 4.39 Å². The number of hydrogen-bond acceptors (Lipinski definition) is 4. The molecule has 3 rings (SSSR count). The lowest BCUT2D eigenvalue weighted by atomic mass is 10.1. The van der Waals surface area contributed by atoms with Gasteiger partial charge in [-0.05, 0) is 29.8 Å². The van der Waals surface area contributed by atoms with Crippen LogP contribution in [0.2, 0.25) is 0 Å². The van der Waals surface area contributed by atoms with E-state index in [1.54, 1.807) is 23.5 Å². The molecule has 1 aromatic heterocycles. The molecule has 0 aliphatic rings. The van der Waals surface area contributed by atoms with E-state index in [0.717, 1.165) is 20.1 Å². The number of hydrogen-bond donors (Lipinski definition) is 0. The number of para-hydroxylation sites is 1. The first-order chi connectivity index (χ1) is 10.2. The highest BCUT2D eigenvalue weighted by Crippen LogP contribution is 2.29. The van der Waals surface area contributed by atoms with Gasteiger partial charge in [-0.15, -0.1) is 11.3 Å². The quantitative estimate of drug-likeness (QED) is 0.656. The molecule has 0 N–H and O–H groups in total. The second-order valence-corrected chi connectivity index (χ2v) is 6.83. The summed E-state index contributed by atoms with van der Waals surface area (Å²) in [6, 6.07) is 14.0. The smallest absolute Gasteiger partial charge is 0.151 e. The van der Waals surface area contributed by atoms with Crippen LogP contribution in [0.1, 0.15) is 5.56 Å². The summed E-state index contributed by atoms with van der Waals surface area (Å²) in [5.41, 5.74) is 1.81. The summed E-state index contributed by atoms with van der Waals surface area (Å²) >= 11 is 3.06. The molecule has 21 heavy (non-hydrogen) atoms. The number of carbonyl (C=O) groups excluding carboxylic acids is 1. The second kappa shape index (κ2) is 6.37. The molecular formula is C16H12FNOS2. The molecule has 0 aliphatic carbocycles. The van der Waals surface area contributed by atoms with Gasteiger partial charge in [0, 0.05) is 6.42 Å². The fourth-order valence-corrected chi connectivity index (χ4v) is 3.86. The highest BCUT2D eigenvalue weighted by Gasteiger charge is 2.08. The molecule has 0 unspecified atom stereocenters. The summed E-state index contributed by atoms with van der Waals surface area (Å²) in [6.45, 7) is 0. The zero-order valence-corrected chi connectivity index (χ0v) is 12.7. The lowest BCUT2D eigenvalue weighted by Gasteiger charge is -2.00. The van der Waals surface area contributed by atoms with Gasteiger partial charge in [0.1, 0.15) is 11.6 Å². The minimum Gasteiger partial charge on any atom is -0.298 e. The molecule has 0 saturated heterocycles. The zero-order valence-electron chi connectivity index (χ0n) is 11.1. The molecule has 0 amide bonds. The van der Waals surface area contributed by atoms with E-state index in [2.05, 4.69) is 4.98 Å². The Morgan fingerprint density at radius 2 is 1.90 bits per heavy atom. The second-order valence-electron chi connectivity index (χ2n) is 4.58. The predicted octanol–water partition coefficient (Wildman–Crippen LogP) is 4.34. The third kappa shape index (κ3) is 3.68. The minimum atomic E-state index is -0.282. The van der Waals surface area contributed by atoms with Crippen LogP contribution in [0.3, 0.4) is 0 Å². The highest BCUT2D eigenvalue weighted by molar-refractivity contribution is 8.01. The van der Waals surface area contributed by atoms with Crippen LogP contribution < -0.4 is 0 Å². The molecule has 5 heteroatoms. The van der Waals surface area contributed by atoms with Crippen molar-refractivity contribution in [2.45, 2.75) is 10.8 Å². The Morgan fingerprint density at radius 3 is 2.67 bits per heavy atom. The fourth-order valence-electron chi connectivity index (χ4n) is 1.94. The van der Waals surface area contributed by atoms with Gasteiger partial charge in [0.25, 0.3) is 0 Å². The van der Waals surface area contributed by atoms with Crippen molar-refractivity contribution >= 4 is 39.1 Å². The predicted molar refractivity (Wildman–Crippen MR) is 85.5 cm³/mol. The summed E-state index contributed by atoms with van der Waals surface area (Å²) in [5, 5.41) is 0. The number of fused-ring (bicyclic) bond motifs is 1. The maximum absolute atomic E-state index is 12.8.